The fourth-order valence-electron chi connectivity index (χ4n) is 4.26. The van der Waals surface area contributed by atoms with Crippen LogP contribution in [0.15, 0.2) is 65.6 Å². The summed E-state index contributed by atoms with van der Waals surface area (Å²) >= 11 is 5.97. The van der Waals surface area contributed by atoms with Crippen molar-refractivity contribution in [1.82, 2.24) is 19.5 Å². The van der Waals surface area contributed by atoms with Gasteiger partial charge >= 0.3 is 5.69 Å². The molecule has 1 N–H and O–H groups in total. The number of rotatable bonds is 5. The molecule has 2 aromatic carbocycles. The molecule has 1 aliphatic rings. The molecule has 33 heavy (non-hydrogen) atoms. The van der Waals surface area contributed by atoms with E-state index < -0.39 is 9.04 Å². The van der Waals surface area contributed by atoms with Gasteiger partial charge in [-0.3, -0.25) is 4.57 Å². The highest BCUT2D eigenvalue weighted by atomic mass is 35.5. The Morgan fingerprint density at radius 2 is 1.73 bits per heavy atom. The van der Waals surface area contributed by atoms with Crippen molar-refractivity contribution in [2.24, 2.45) is 0 Å². The van der Waals surface area contributed by atoms with Gasteiger partial charge in [-0.05, 0) is 45.8 Å². The van der Waals surface area contributed by atoms with Crippen molar-refractivity contribution >= 4 is 42.2 Å². The third-order valence-electron chi connectivity index (χ3n) is 6.20. The summed E-state index contributed by atoms with van der Waals surface area (Å²) in [5.41, 5.74) is 2.39. The van der Waals surface area contributed by atoms with Crippen LogP contribution in [0.4, 0.5) is 0 Å². The number of nitrogens with one attached hydrogen (secondary N) is 1. The molecule has 5 rings (SSSR count). The Bertz CT molecular complexity index is 1320. The Morgan fingerprint density at radius 1 is 1.06 bits per heavy atom. The Labute approximate surface area is 199 Å². The standard InChI is InChI=1S/C25H26ClN4O2Si/c1-25(2,3)16-9-11-20(12-10-16)33(19-7-5-4-6-8-19)32-18-13-17(14-18)30-22-21(28-24(30)31)15-27-23(26)29-22/h4-12,15,17-18H,13-14H2,1-3H3,(H,28,31). The second-order valence-corrected chi connectivity index (χ2v) is 12.0. The predicted octanol–water partition coefficient (Wildman–Crippen LogP) is 3.60. The number of imidazole rings is 1. The third-order valence-corrected chi connectivity index (χ3v) is 8.66. The zero-order valence-corrected chi connectivity index (χ0v) is 20.6. The predicted molar refractivity (Wildman–Crippen MR) is 133 cm³/mol. The van der Waals surface area contributed by atoms with Crippen molar-refractivity contribution in [1.29, 1.82) is 0 Å². The van der Waals surface area contributed by atoms with Crippen LogP contribution in [-0.2, 0) is 9.84 Å². The number of H-pyrrole nitrogens is 1. The minimum absolute atomic E-state index is 0.0320. The maximum atomic E-state index is 12.5. The van der Waals surface area contributed by atoms with Crippen molar-refractivity contribution < 1.29 is 4.43 Å². The number of hydrogen-bond acceptors (Lipinski definition) is 4. The van der Waals surface area contributed by atoms with E-state index in [1.54, 1.807) is 10.8 Å². The van der Waals surface area contributed by atoms with Crippen LogP contribution in [-0.4, -0.2) is 34.7 Å². The zero-order valence-electron chi connectivity index (χ0n) is 18.9. The molecule has 1 fully saturated rings. The first-order valence-electron chi connectivity index (χ1n) is 11.1. The summed E-state index contributed by atoms with van der Waals surface area (Å²) in [7, 11) is -1.41. The number of halogens is 1. The van der Waals surface area contributed by atoms with Gasteiger partial charge in [-0.25, -0.2) is 9.78 Å². The largest absolute Gasteiger partial charge is 0.404 e. The Hall–Kier alpha value is -2.74. The van der Waals surface area contributed by atoms with E-state index in [0.717, 1.165) is 12.8 Å². The van der Waals surface area contributed by atoms with Crippen LogP contribution >= 0.6 is 11.6 Å². The monoisotopic (exact) mass is 477 g/mol. The summed E-state index contributed by atoms with van der Waals surface area (Å²) in [4.78, 5) is 23.6. The third kappa shape index (κ3) is 4.40. The van der Waals surface area contributed by atoms with Gasteiger partial charge in [0.1, 0.15) is 5.52 Å². The molecule has 169 valence electrons. The molecule has 1 aliphatic carbocycles. The molecule has 1 radical (unpaired) electrons. The van der Waals surface area contributed by atoms with Gasteiger partial charge in [0.15, 0.2) is 5.65 Å². The maximum Gasteiger partial charge on any atom is 0.327 e. The fourth-order valence-corrected chi connectivity index (χ4v) is 6.48. The van der Waals surface area contributed by atoms with Crippen molar-refractivity contribution in [3.05, 3.63) is 82.1 Å². The molecule has 0 unspecified atom stereocenters. The molecule has 0 spiro atoms. The number of aromatic amines is 1. The second-order valence-electron chi connectivity index (χ2n) is 9.56. The van der Waals surface area contributed by atoms with E-state index in [4.69, 9.17) is 16.0 Å². The molecule has 2 heterocycles. The number of hydrogen-bond donors (Lipinski definition) is 1. The van der Waals surface area contributed by atoms with Gasteiger partial charge in [0.2, 0.25) is 5.28 Å². The average Bonchev–Trinajstić information content (AvgIpc) is 3.08. The van der Waals surface area contributed by atoms with E-state index in [1.807, 2.05) is 6.07 Å². The van der Waals surface area contributed by atoms with Crippen LogP contribution in [0.3, 0.4) is 0 Å². The van der Waals surface area contributed by atoms with Gasteiger partial charge in [-0.15, -0.1) is 0 Å². The number of nitrogens with zero attached hydrogens (tertiary/aromatic N) is 3. The van der Waals surface area contributed by atoms with Gasteiger partial charge in [0.25, 0.3) is 9.04 Å². The van der Waals surface area contributed by atoms with Gasteiger partial charge in [0, 0.05) is 12.1 Å². The summed E-state index contributed by atoms with van der Waals surface area (Å²) < 4.78 is 8.40. The topological polar surface area (TPSA) is 72.8 Å². The maximum absolute atomic E-state index is 12.5. The van der Waals surface area contributed by atoms with E-state index >= 15 is 0 Å². The van der Waals surface area contributed by atoms with Crippen LogP contribution in [0.25, 0.3) is 11.2 Å². The highest BCUT2D eigenvalue weighted by molar-refractivity contribution is 6.80. The van der Waals surface area contributed by atoms with Gasteiger partial charge < -0.3 is 9.41 Å². The van der Waals surface area contributed by atoms with Crippen LogP contribution in [0.2, 0.25) is 5.28 Å². The first-order valence-corrected chi connectivity index (χ1v) is 12.9. The Kier molecular flexibility index (Phi) is 5.72. The molecule has 6 nitrogen and oxygen atoms in total. The lowest BCUT2D eigenvalue weighted by molar-refractivity contribution is 0.0727. The van der Waals surface area contributed by atoms with Gasteiger partial charge in [-0.2, -0.15) is 4.98 Å². The lowest BCUT2D eigenvalue weighted by Crippen LogP contribution is -2.50. The van der Waals surface area contributed by atoms with E-state index in [-0.39, 0.29) is 28.5 Å². The lowest BCUT2D eigenvalue weighted by Gasteiger charge is -2.37. The van der Waals surface area contributed by atoms with Crippen molar-refractivity contribution in [3.63, 3.8) is 0 Å². The first-order chi connectivity index (χ1) is 15.8. The minimum atomic E-state index is -1.41. The lowest BCUT2D eigenvalue weighted by atomic mass is 9.87. The van der Waals surface area contributed by atoms with Gasteiger partial charge in [0.05, 0.1) is 6.20 Å². The highest BCUT2D eigenvalue weighted by Crippen LogP contribution is 2.35. The van der Waals surface area contributed by atoms with Crippen molar-refractivity contribution in [2.45, 2.75) is 51.2 Å². The molecule has 0 bridgehead atoms. The van der Waals surface area contributed by atoms with Crippen LogP contribution in [0.1, 0.15) is 45.2 Å². The summed E-state index contributed by atoms with van der Waals surface area (Å²) in [6.45, 7) is 6.67. The highest BCUT2D eigenvalue weighted by Gasteiger charge is 2.36. The molecule has 0 saturated heterocycles. The number of fused-ring (bicyclic) bond motifs is 1. The summed E-state index contributed by atoms with van der Waals surface area (Å²) in [6.07, 6.45) is 3.15. The van der Waals surface area contributed by atoms with Crippen LogP contribution in [0.5, 0.6) is 0 Å². The molecule has 0 aliphatic heterocycles. The molecular weight excluding hydrogens is 452 g/mol. The van der Waals surface area contributed by atoms with Crippen molar-refractivity contribution in [2.75, 3.05) is 0 Å². The van der Waals surface area contributed by atoms with E-state index in [2.05, 4.69) is 84.3 Å². The summed E-state index contributed by atoms with van der Waals surface area (Å²) in [5, 5.41) is 2.58. The Morgan fingerprint density at radius 3 is 2.39 bits per heavy atom. The van der Waals surface area contributed by atoms with Crippen molar-refractivity contribution in [3.8, 4) is 0 Å². The normalized spacial score (nSPS) is 18.6. The van der Waals surface area contributed by atoms with Gasteiger partial charge in [-0.1, -0.05) is 75.4 Å². The summed E-state index contributed by atoms with van der Waals surface area (Å²) in [6, 6.07) is 19.3. The Balaban J connectivity index is 1.37. The molecule has 8 heteroatoms. The zero-order chi connectivity index (χ0) is 23.2. The smallest absolute Gasteiger partial charge is 0.327 e. The van der Waals surface area contributed by atoms with Crippen LogP contribution < -0.4 is 16.1 Å². The molecular formula is C25H26ClN4O2Si. The second kappa shape index (κ2) is 8.55. The van der Waals surface area contributed by atoms with E-state index in [1.165, 1.54) is 15.9 Å². The molecule has 0 amide bonds. The SMILES string of the molecule is CC(C)(C)c1ccc([Si](OC2CC(n3c(=O)[nH]c4cnc(Cl)nc43)C2)c2ccccc2)cc1. The molecule has 0 atom stereocenters. The summed E-state index contributed by atoms with van der Waals surface area (Å²) in [5.74, 6) is 0. The molecule has 2 aromatic heterocycles. The fraction of sp³-hybridized carbons (Fsp3) is 0.320. The van der Waals surface area contributed by atoms with E-state index in [9.17, 15) is 4.79 Å². The quantitative estimate of drug-likeness (QED) is 0.352. The molecule has 4 aromatic rings. The molecule has 1 saturated carbocycles. The average molecular weight is 478 g/mol. The first kappa shape index (κ1) is 22.1. The minimum Gasteiger partial charge on any atom is -0.404 e. The number of benzene rings is 2. The van der Waals surface area contributed by atoms with Crippen LogP contribution in [0, 0.1) is 0 Å². The van der Waals surface area contributed by atoms with E-state index in [0.29, 0.717) is 11.2 Å². The number of aromatic nitrogens is 4.